The van der Waals surface area contributed by atoms with E-state index >= 15 is 0 Å². The van der Waals surface area contributed by atoms with Gasteiger partial charge in [-0.1, -0.05) is 0 Å². The van der Waals surface area contributed by atoms with Crippen LogP contribution in [0.3, 0.4) is 0 Å². The molecular formula is C17H32N2O2. The summed E-state index contributed by atoms with van der Waals surface area (Å²) in [5.41, 5.74) is 0.475. The Morgan fingerprint density at radius 1 is 1.24 bits per heavy atom. The molecule has 0 aromatic heterocycles. The lowest BCUT2D eigenvalue weighted by Crippen LogP contribution is -2.62. The highest BCUT2D eigenvalue weighted by molar-refractivity contribution is 5.72. The van der Waals surface area contributed by atoms with Gasteiger partial charge in [0.15, 0.2) is 0 Å². The SMILES string of the molecule is COC(=O)[C@H]1CCN[C@H](CN2C(C)(C)CCCC2(C)C)C1. The Hall–Kier alpha value is -0.610. The molecule has 4 nitrogen and oxygen atoms in total. The molecule has 0 amide bonds. The first-order valence-corrected chi connectivity index (χ1v) is 8.35. The Labute approximate surface area is 129 Å². The molecule has 2 heterocycles. The maximum Gasteiger partial charge on any atom is 0.308 e. The number of esters is 1. The summed E-state index contributed by atoms with van der Waals surface area (Å²) in [7, 11) is 1.50. The second-order valence-corrected chi connectivity index (χ2v) is 7.98. The minimum Gasteiger partial charge on any atom is -0.469 e. The van der Waals surface area contributed by atoms with Crippen LogP contribution >= 0.6 is 0 Å². The van der Waals surface area contributed by atoms with E-state index in [9.17, 15) is 4.79 Å². The summed E-state index contributed by atoms with van der Waals surface area (Å²) >= 11 is 0. The first-order chi connectivity index (χ1) is 9.76. The molecular weight excluding hydrogens is 264 g/mol. The van der Waals surface area contributed by atoms with Crippen molar-refractivity contribution in [3.63, 3.8) is 0 Å². The molecule has 122 valence electrons. The largest absolute Gasteiger partial charge is 0.469 e. The number of hydrogen-bond donors (Lipinski definition) is 1. The van der Waals surface area contributed by atoms with E-state index in [4.69, 9.17) is 4.74 Å². The number of hydrogen-bond acceptors (Lipinski definition) is 4. The third-order valence-corrected chi connectivity index (χ3v) is 5.47. The summed E-state index contributed by atoms with van der Waals surface area (Å²) in [5.74, 6) is 0.0240. The zero-order valence-electron chi connectivity index (χ0n) is 14.4. The second kappa shape index (κ2) is 6.25. The molecule has 2 aliphatic heterocycles. The summed E-state index contributed by atoms with van der Waals surface area (Å²) in [6, 6.07) is 0.388. The van der Waals surface area contributed by atoms with Gasteiger partial charge in [0.25, 0.3) is 0 Å². The zero-order valence-corrected chi connectivity index (χ0v) is 14.4. The van der Waals surface area contributed by atoms with Gasteiger partial charge in [-0.25, -0.2) is 0 Å². The smallest absolute Gasteiger partial charge is 0.308 e. The highest BCUT2D eigenvalue weighted by atomic mass is 16.5. The molecule has 1 N–H and O–H groups in total. The second-order valence-electron chi connectivity index (χ2n) is 7.98. The van der Waals surface area contributed by atoms with Crippen molar-refractivity contribution in [3.05, 3.63) is 0 Å². The van der Waals surface area contributed by atoms with Gasteiger partial charge in [0.05, 0.1) is 13.0 Å². The van der Waals surface area contributed by atoms with Crippen LogP contribution < -0.4 is 5.32 Å². The van der Waals surface area contributed by atoms with Crippen molar-refractivity contribution in [1.29, 1.82) is 0 Å². The minimum atomic E-state index is -0.0429. The highest BCUT2D eigenvalue weighted by Gasteiger charge is 2.42. The predicted octanol–water partition coefficient (Wildman–Crippen LogP) is 2.57. The molecule has 0 unspecified atom stereocenters. The van der Waals surface area contributed by atoms with Gasteiger partial charge < -0.3 is 10.1 Å². The van der Waals surface area contributed by atoms with Crippen LogP contribution in [0.4, 0.5) is 0 Å². The lowest BCUT2D eigenvalue weighted by molar-refractivity contribution is -0.146. The van der Waals surface area contributed by atoms with Crippen LogP contribution in [-0.2, 0) is 9.53 Å². The molecule has 21 heavy (non-hydrogen) atoms. The summed E-state index contributed by atoms with van der Waals surface area (Å²) in [5, 5.41) is 3.60. The summed E-state index contributed by atoms with van der Waals surface area (Å²) < 4.78 is 4.93. The molecule has 0 bridgehead atoms. The summed E-state index contributed by atoms with van der Waals surface area (Å²) in [4.78, 5) is 14.4. The predicted molar refractivity (Wildman–Crippen MR) is 85.2 cm³/mol. The summed E-state index contributed by atoms with van der Waals surface area (Å²) in [6.07, 6.45) is 5.61. The van der Waals surface area contributed by atoms with Gasteiger partial charge >= 0.3 is 5.97 Å². The number of ether oxygens (including phenoxy) is 1. The van der Waals surface area contributed by atoms with Crippen molar-refractivity contribution in [2.45, 2.75) is 76.9 Å². The fourth-order valence-corrected chi connectivity index (χ4v) is 4.28. The maximum absolute atomic E-state index is 11.8. The van der Waals surface area contributed by atoms with Crippen LogP contribution in [0.2, 0.25) is 0 Å². The van der Waals surface area contributed by atoms with Gasteiger partial charge in [-0.15, -0.1) is 0 Å². The van der Waals surface area contributed by atoms with E-state index in [2.05, 4.69) is 37.9 Å². The number of carbonyl (C=O) groups excluding carboxylic acids is 1. The number of likely N-dealkylation sites (tertiary alicyclic amines) is 1. The molecule has 0 radical (unpaired) electrons. The van der Waals surface area contributed by atoms with Gasteiger partial charge in [-0.3, -0.25) is 9.69 Å². The third kappa shape index (κ3) is 3.78. The van der Waals surface area contributed by atoms with E-state index in [-0.39, 0.29) is 23.0 Å². The normalized spacial score (nSPS) is 32.6. The molecule has 4 heteroatoms. The van der Waals surface area contributed by atoms with Gasteiger partial charge in [0.2, 0.25) is 0 Å². The number of nitrogens with one attached hydrogen (secondary N) is 1. The number of carbonyl (C=O) groups is 1. The molecule has 0 aromatic carbocycles. The van der Waals surface area contributed by atoms with E-state index in [0.717, 1.165) is 25.9 Å². The summed E-state index contributed by atoms with van der Waals surface area (Å²) in [6.45, 7) is 11.4. The van der Waals surface area contributed by atoms with Crippen LogP contribution in [-0.4, -0.2) is 48.2 Å². The fourth-order valence-electron chi connectivity index (χ4n) is 4.28. The van der Waals surface area contributed by atoms with E-state index < -0.39 is 0 Å². The van der Waals surface area contributed by atoms with Crippen molar-refractivity contribution < 1.29 is 9.53 Å². The lowest BCUT2D eigenvalue weighted by atomic mass is 9.79. The van der Waals surface area contributed by atoms with Crippen LogP contribution in [0.15, 0.2) is 0 Å². The third-order valence-electron chi connectivity index (χ3n) is 5.47. The van der Waals surface area contributed by atoms with Crippen molar-refractivity contribution in [1.82, 2.24) is 10.2 Å². The molecule has 2 fully saturated rings. The number of piperidine rings is 2. The lowest BCUT2D eigenvalue weighted by Gasteiger charge is -2.54. The molecule has 2 atom stereocenters. The van der Waals surface area contributed by atoms with Crippen molar-refractivity contribution in [2.75, 3.05) is 20.2 Å². The van der Waals surface area contributed by atoms with Crippen LogP contribution in [0, 0.1) is 5.92 Å². The topological polar surface area (TPSA) is 41.6 Å². The van der Waals surface area contributed by atoms with Gasteiger partial charge in [0.1, 0.15) is 0 Å². The average molecular weight is 296 g/mol. The first-order valence-electron chi connectivity index (χ1n) is 8.35. The Bertz CT molecular complexity index is 363. The Morgan fingerprint density at radius 3 is 2.43 bits per heavy atom. The molecule has 0 aliphatic carbocycles. The molecule has 2 aliphatic rings. The van der Waals surface area contributed by atoms with E-state index in [1.165, 1.54) is 26.4 Å². The number of methoxy groups -OCH3 is 1. The monoisotopic (exact) mass is 296 g/mol. The molecule has 0 saturated carbocycles. The average Bonchev–Trinajstić information content (AvgIpc) is 2.42. The van der Waals surface area contributed by atoms with E-state index in [1.807, 2.05) is 0 Å². The van der Waals surface area contributed by atoms with E-state index in [0.29, 0.717) is 6.04 Å². The first kappa shape index (κ1) is 16.8. The van der Waals surface area contributed by atoms with Crippen molar-refractivity contribution in [2.24, 2.45) is 5.92 Å². The highest BCUT2D eigenvalue weighted by Crippen LogP contribution is 2.38. The number of nitrogens with zero attached hydrogens (tertiary/aromatic N) is 1. The molecule has 0 aromatic rings. The van der Waals surface area contributed by atoms with Gasteiger partial charge in [-0.05, 0) is 66.3 Å². The Balaban J connectivity index is 2.03. The quantitative estimate of drug-likeness (QED) is 0.813. The van der Waals surface area contributed by atoms with E-state index in [1.54, 1.807) is 0 Å². The van der Waals surface area contributed by atoms with Crippen LogP contribution in [0.25, 0.3) is 0 Å². The van der Waals surface area contributed by atoms with Crippen LogP contribution in [0.5, 0.6) is 0 Å². The molecule has 0 spiro atoms. The van der Waals surface area contributed by atoms with Crippen molar-refractivity contribution in [3.8, 4) is 0 Å². The van der Waals surface area contributed by atoms with Gasteiger partial charge in [-0.2, -0.15) is 0 Å². The molecule has 2 saturated heterocycles. The zero-order chi connectivity index (χ0) is 15.7. The molecule has 2 rings (SSSR count). The standard InChI is InChI=1S/C17H32N2O2/c1-16(2)8-6-9-17(3,4)19(16)12-14-11-13(7-10-18-14)15(20)21-5/h13-14,18H,6-12H2,1-5H3/t13-,14-/m0/s1. The number of rotatable bonds is 3. The van der Waals surface area contributed by atoms with Crippen LogP contribution in [0.1, 0.15) is 59.8 Å². The van der Waals surface area contributed by atoms with Gasteiger partial charge in [0, 0.05) is 23.7 Å². The Morgan fingerprint density at radius 2 is 1.86 bits per heavy atom. The van der Waals surface area contributed by atoms with Crippen molar-refractivity contribution >= 4 is 5.97 Å². The Kier molecular flexibility index (Phi) is 4.99. The minimum absolute atomic E-state index is 0.0429. The maximum atomic E-state index is 11.8. The fraction of sp³-hybridized carbons (Fsp3) is 0.941.